The van der Waals surface area contributed by atoms with Gasteiger partial charge in [-0.2, -0.15) is 0 Å². The highest BCUT2D eigenvalue weighted by atomic mass is 32.2. The first-order valence-electron chi connectivity index (χ1n) is 12.2. The van der Waals surface area contributed by atoms with Crippen molar-refractivity contribution in [1.29, 1.82) is 0 Å². The van der Waals surface area contributed by atoms with Crippen LogP contribution in [-0.2, 0) is 11.8 Å². The number of hydrogen-bond acceptors (Lipinski definition) is 5. The van der Waals surface area contributed by atoms with Crippen molar-refractivity contribution in [1.82, 2.24) is 9.47 Å². The average molecular weight is 504 g/mol. The number of para-hydroxylation sites is 1. The fraction of sp³-hybridized carbons (Fsp3) is 0.321. The predicted molar refractivity (Wildman–Crippen MR) is 150 cm³/mol. The zero-order valence-electron chi connectivity index (χ0n) is 20.1. The van der Waals surface area contributed by atoms with Gasteiger partial charge in [0, 0.05) is 25.5 Å². The van der Waals surface area contributed by atoms with Crippen LogP contribution in [0.5, 0.6) is 0 Å². The summed E-state index contributed by atoms with van der Waals surface area (Å²) in [6.07, 6.45) is 6.38. The Balaban J connectivity index is 1.63. The number of aryl methyl sites for hydroxylation is 1. The van der Waals surface area contributed by atoms with Gasteiger partial charge in [-0.05, 0) is 37.5 Å². The number of thiocarbonyl (C=S) groups is 1. The smallest absolute Gasteiger partial charge is 0.266 e. The molecule has 2 aromatic carbocycles. The van der Waals surface area contributed by atoms with Crippen LogP contribution in [0.25, 0.3) is 17.0 Å². The van der Waals surface area contributed by atoms with E-state index in [-0.39, 0.29) is 17.5 Å². The molecule has 5 rings (SSSR count). The highest BCUT2D eigenvalue weighted by molar-refractivity contribution is 8.26. The van der Waals surface area contributed by atoms with Gasteiger partial charge in [0.15, 0.2) is 0 Å². The summed E-state index contributed by atoms with van der Waals surface area (Å²) in [4.78, 5) is 31.7. The molecule has 1 unspecified atom stereocenters. The molecule has 0 radical (unpaired) electrons. The van der Waals surface area contributed by atoms with E-state index in [1.54, 1.807) is 22.6 Å². The number of aromatic nitrogens is 1. The lowest BCUT2D eigenvalue weighted by Gasteiger charge is -2.27. The van der Waals surface area contributed by atoms with Crippen molar-refractivity contribution in [2.45, 2.75) is 38.6 Å². The van der Waals surface area contributed by atoms with Crippen LogP contribution >= 0.6 is 24.0 Å². The van der Waals surface area contributed by atoms with Crippen LogP contribution in [0.2, 0.25) is 0 Å². The standard InChI is InChI=1S/C28H29N3O2S2/c1-19(20-12-6-5-7-13-20)31-27(33)24(35-28(31)34)18-22-25(30-16-10-3-4-11-17-30)21-14-8-9-15-23(21)29(2)26(22)32/h5-9,12-15,18-19H,3-4,10-11,16-17H2,1-2H3. The summed E-state index contributed by atoms with van der Waals surface area (Å²) in [6.45, 7) is 3.80. The van der Waals surface area contributed by atoms with Crippen LogP contribution in [0.3, 0.4) is 0 Å². The van der Waals surface area contributed by atoms with Crippen molar-refractivity contribution in [2.24, 2.45) is 7.05 Å². The molecule has 0 N–H and O–H groups in total. The SMILES string of the molecule is CC(c1ccccc1)N1C(=O)C(=Cc2c(N3CCCCCC3)c3ccccc3n(C)c2=O)SC1=S. The summed E-state index contributed by atoms with van der Waals surface area (Å²) in [5, 5.41) is 1.04. The van der Waals surface area contributed by atoms with Crippen LogP contribution in [0, 0.1) is 0 Å². The largest absolute Gasteiger partial charge is 0.370 e. The monoisotopic (exact) mass is 503 g/mol. The third-order valence-electron chi connectivity index (χ3n) is 7.00. The molecule has 35 heavy (non-hydrogen) atoms. The van der Waals surface area contributed by atoms with Gasteiger partial charge < -0.3 is 9.47 Å². The average Bonchev–Trinajstić information content (AvgIpc) is 3.03. The third kappa shape index (κ3) is 4.43. The number of pyridine rings is 1. The van der Waals surface area contributed by atoms with Crippen molar-refractivity contribution >= 4 is 56.9 Å². The number of anilines is 1. The molecule has 2 aliphatic heterocycles. The highest BCUT2D eigenvalue weighted by Gasteiger charge is 2.36. The van der Waals surface area contributed by atoms with Crippen LogP contribution in [0.15, 0.2) is 64.3 Å². The molecule has 2 saturated heterocycles. The third-order valence-corrected chi connectivity index (χ3v) is 8.33. The molecule has 1 aromatic heterocycles. The summed E-state index contributed by atoms with van der Waals surface area (Å²) in [5.74, 6) is -0.145. The molecule has 0 bridgehead atoms. The molecule has 7 heteroatoms. The number of nitrogens with zero attached hydrogens (tertiary/aromatic N) is 3. The Bertz CT molecular complexity index is 1370. The lowest BCUT2D eigenvalue weighted by atomic mass is 10.1. The maximum absolute atomic E-state index is 13.7. The van der Waals surface area contributed by atoms with Gasteiger partial charge in [0.2, 0.25) is 0 Å². The van der Waals surface area contributed by atoms with Crippen LogP contribution in [-0.4, -0.2) is 32.8 Å². The van der Waals surface area contributed by atoms with E-state index in [1.165, 1.54) is 24.6 Å². The molecule has 1 atom stereocenters. The minimum absolute atomic E-state index is 0.0932. The minimum atomic E-state index is -0.181. The van der Waals surface area contributed by atoms with Crippen LogP contribution in [0.1, 0.15) is 49.8 Å². The molecule has 0 aliphatic carbocycles. The molecule has 3 heterocycles. The number of carbonyl (C=O) groups excluding carboxylic acids is 1. The van der Waals surface area contributed by atoms with Gasteiger partial charge in [0.1, 0.15) is 4.32 Å². The Morgan fingerprint density at radius 1 is 0.943 bits per heavy atom. The van der Waals surface area contributed by atoms with E-state index in [4.69, 9.17) is 12.2 Å². The zero-order valence-corrected chi connectivity index (χ0v) is 21.7. The second kappa shape index (κ2) is 9.99. The molecule has 0 spiro atoms. The first kappa shape index (κ1) is 23.8. The summed E-state index contributed by atoms with van der Waals surface area (Å²) < 4.78 is 2.21. The number of thioether (sulfide) groups is 1. The van der Waals surface area contributed by atoms with Crippen molar-refractivity contribution in [2.75, 3.05) is 18.0 Å². The number of amides is 1. The Morgan fingerprint density at radius 2 is 1.60 bits per heavy atom. The topological polar surface area (TPSA) is 45.6 Å². The number of hydrogen-bond donors (Lipinski definition) is 0. The molecule has 0 saturated carbocycles. The number of benzene rings is 2. The second-order valence-electron chi connectivity index (χ2n) is 9.18. The van der Waals surface area contributed by atoms with Gasteiger partial charge in [-0.25, -0.2) is 0 Å². The maximum atomic E-state index is 13.7. The van der Waals surface area contributed by atoms with Gasteiger partial charge in [0.05, 0.1) is 27.7 Å². The molecule has 2 aliphatic rings. The minimum Gasteiger partial charge on any atom is -0.370 e. The fourth-order valence-electron chi connectivity index (χ4n) is 5.09. The quantitative estimate of drug-likeness (QED) is 0.329. The van der Waals surface area contributed by atoms with E-state index >= 15 is 0 Å². The molecule has 2 fully saturated rings. The summed E-state index contributed by atoms with van der Waals surface area (Å²) in [6, 6.07) is 17.8. The van der Waals surface area contributed by atoms with Crippen LogP contribution < -0.4 is 10.5 Å². The van der Waals surface area contributed by atoms with Gasteiger partial charge in [0.25, 0.3) is 11.5 Å². The Labute approximate surface area is 215 Å². The first-order valence-corrected chi connectivity index (χ1v) is 13.4. The number of carbonyl (C=O) groups is 1. The Kier molecular flexibility index (Phi) is 6.80. The molecule has 180 valence electrons. The van der Waals surface area contributed by atoms with Gasteiger partial charge in [-0.1, -0.05) is 85.4 Å². The highest BCUT2D eigenvalue weighted by Crippen LogP contribution is 2.39. The van der Waals surface area contributed by atoms with Gasteiger partial charge in [-0.3, -0.25) is 14.5 Å². The summed E-state index contributed by atoms with van der Waals surface area (Å²) in [7, 11) is 1.80. The van der Waals surface area contributed by atoms with Crippen molar-refractivity contribution in [3.8, 4) is 0 Å². The number of fused-ring (bicyclic) bond motifs is 1. The normalized spacial score (nSPS) is 19.0. The van der Waals surface area contributed by atoms with Crippen LogP contribution in [0.4, 0.5) is 5.69 Å². The Hall–Kier alpha value is -2.90. The molecule has 5 nitrogen and oxygen atoms in total. The van der Waals surface area contributed by atoms with E-state index < -0.39 is 0 Å². The summed E-state index contributed by atoms with van der Waals surface area (Å²) >= 11 is 6.91. The van der Waals surface area contributed by atoms with E-state index in [0.29, 0.717) is 14.8 Å². The lowest BCUT2D eigenvalue weighted by molar-refractivity contribution is -0.123. The summed E-state index contributed by atoms with van der Waals surface area (Å²) in [5.41, 5.74) is 3.34. The fourth-order valence-corrected chi connectivity index (χ4v) is 6.49. The molecule has 3 aromatic rings. The van der Waals surface area contributed by atoms with E-state index in [2.05, 4.69) is 11.0 Å². The van der Waals surface area contributed by atoms with Crippen molar-refractivity contribution in [3.05, 3.63) is 81.0 Å². The van der Waals surface area contributed by atoms with E-state index in [0.717, 1.165) is 48.1 Å². The van der Waals surface area contributed by atoms with E-state index in [9.17, 15) is 9.59 Å². The molecular formula is C28H29N3O2S2. The van der Waals surface area contributed by atoms with Gasteiger partial charge >= 0.3 is 0 Å². The molecular weight excluding hydrogens is 474 g/mol. The molecule has 1 amide bonds. The van der Waals surface area contributed by atoms with Gasteiger partial charge in [-0.15, -0.1) is 0 Å². The van der Waals surface area contributed by atoms with Crippen molar-refractivity contribution in [3.63, 3.8) is 0 Å². The maximum Gasteiger partial charge on any atom is 0.266 e. The first-order chi connectivity index (χ1) is 17.0. The predicted octanol–water partition coefficient (Wildman–Crippen LogP) is 5.88. The van der Waals surface area contributed by atoms with E-state index in [1.807, 2.05) is 55.5 Å². The Morgan fingerprint density at radius 3 is 2.31 bits per heavy atom. The zero-order chi connectivity index (χ0) is 24.5. The van der Waals surface area contributed by atoms with Crippen molar-refractivity contribution < 1.29 is 4.79 Å². The number of rotatable bonds is 4. The second-order valence-corrected chi connectivity index (χ2v) is 10.9. The lowest BCUT2D eigenvalue weighted by Crippen LogP contribution is -2.31.